The van der Waals surface area contributed by atoms with Gasteiger partial charge in [-0.1, -0.05) is 18.2 Å². The lowest BCUT2D eigenvalue weighted by Gasteiger charge is -2.34. The molecule has 0 atom stereocenters. The zero-order valence-electron chi connectivity index (χ0n) is 12.8. The summed E-state index contributed by atoms with van der Waals surface area (Å²) in [7, 11) is 3.39. The Balaban J connectivity index is 1.95. The molecule has 0 aromatic heterocycles. The summed E-state index contributed by atoms with van der Waals surface area (Å²) >= 11 is 5.87. The van der Waals surface area contributed by atoms with E-state index in [1.54, 1.807) is 14.2 Å². The minimum atomic E-state index is 0.706. The van der Waals surface area contributed by atoms with Gasteiger partial charge in [0.1, 0.15) is 11.5 Å². The second kappa shape index (κ2) is 7.69. The standard InChI is InChI=1S/C16H23ClN2O2/c1-13(17)11-18-6-8-19(9-7-18)12-14-10-15(20-2)4-5-16(14)21-3/h4-5,10H,1,6-9,11-12H2,2-3H3. The quantitative estimate of drug-likeness (QED) is 0.806. The van der Waals surface area contributed by atoms with Gasteiger partial charge in [0.15, 0.2) is 0 Å². The minimum Gasteiger partial charge on any atom is -0.497 e. The molecule has 0 unspecified atom stereocenters. The lowest BCUT2D eigenvalue weighted by atomic mass is 10.1. The highest BCUT2D eigenvalue weighted by Crippen LogP contribution is 2.25. The Morgan fingerprint density at radius 2 is 1.81 bits per heavy atom. The molecule has 0 saturated carbocycles. The smallest absolute Gasteiger partial charge is 0.123 e. The first kappa shape index (κ1) is 16.1. The molecular weight excluding hydrogens is 288 g/mol. The van der Waals surface area contributed by atoms with Crippen molar-refractivity contribution >= 4 is 11.6 Å². The summed E-state index contributed by atoms with van der Waals surface area (Å²) < 4.78 is 10.7. The lowest BCUT2D eigenvalue weighted by molar-refractivity contribution is 0.135. The van der Waals surface area contributed by atoms with Gasteiger partial charge in [-0.05, 0) is 18.2 Å². The molecular formula is C16H23ClN2O2. The summed E-state index contributed by atoms with van der Waals surface area (Å²) in [6.45, 7) is 9.46. The van der Waals surface area contributed by atoms with Gasteiger partial charge in [0.25, 0.3) is 0 Å². The predicted molar refractivity (Wildman–Crippen MR) is 86.3 cm³/mol. The summed E-state index contributed by atoms with van der Waals surface area (Å²) in [4.78, 5) is 4.75. The van der Waals surface area contributed by atoms with Crippen molar-refractivity contribution in [2.24, 2.45) is 0 Å². The summed E-state index contributed by atoms with van der Waals surface area (Å²) in [5.41, 5.74) is 1.16. The van der Waals surface area contributed by atoms with Crippen molar-refractivity contribution in [3.63, 3.8) is 0 Å². The molecule has 0 aliphatic carbocycles. The Labute approximate surface area is 131 Å². The number of rotatable bonds is 6. The van der Waals surface area contributed by atoms with Crippen LogP contribution in [0.4, 0.5) is 0 Å². The van der Waals surface area contributed by atoms with Crippen molar-refractivity contribution in [3.8, 4) is 11.5 Å². The number of methoxy groups -OCH3 is 2. The SMILES string of the molecule is C=C(Cl)CN1CCN(Cc2cc(OC)ccc2OC)CC1. The molecule has 1 heterocycles. The fourth-order valence-corrected chi connectivity index (χ4v) is 2.76. The van der Waals surface area contributed by atoms with Crippen molar-refractivity contribution in [2.75, 3.05) is 46.9 Å². The average molecular weight is 311 g/mol. The van der Waals surface area contributed by atoms with E-state index in [0.717, 1.165) is 56.3 Å². The number of hydrogen-bond donors (Lipinski definition) is 0. The number of benzene rings is 1. The maximum Gasteiger partial charge on any atom is 0.123 e. The molecule has 1 aliphatic heterocycles. The van der Waals surface area contributed by atoms with Crippen LogP contribution in [0.2, 0.25) is 0 Å². The van der Waals surface area contributed by atoms with Gasteiger partial charge in [0.2, 0.25) is 0 Å². The van der Waals surface area contributed by atoms with Crippen LogP contribution in [0.25, 0.3) is 0 Å². The largest absolute Gasteiger partial charge is 0.497 e. The van der Waals surface area contributed by atoms with E-state index in [2.05, 4.69) is 16.4 Å². The van der Waals surface area contributed by atoms with Crippen LogP contribution in [0, 0.1) is 0 Å². The molecule has 0 spiro atoms. The molecule has 4 nitrogen and oxygen atoms in total. The Morgan fingerprint density at radius 1 is 1.14 bits per heavy atom. The maximum absolute atomic E-state index is 5.87. The fraction of sp³-hybridized carbons (Fsp3) is 0.500. The summed E-state index contributed by atoms with van der Waals surface area (Å²) in [6.07, 6.45) is 0. The number of nitrogens with zero attached hydrogens (tertiary/aromatic N) is 2. The molecule has 116 valence electrons. The van der Waals surface area contributed by atoms with Gasteiger partial charge in [-0.25, -0.2) is 0 Å². The molecule has 0 amide bonds. The van der Waals surface area contributed by atoms with E-state index in [4.69, 9.17) is 21.1 Å². The second-order valence-corrected chi connectivity index (χ2v) is 5.78. The first-order valence-corrected chi connectivity index (χ1v) is 7.49. The highest BCUT2D eigenvalue weighted by molar-refractivity contribution is 6.29. The van der Waals surface area contributed by atoms with Crippen LogP contribution in [0.15, 0.2) is 29.8 Å². The van der Waals surface area contributed by atoms with Gasteiger partial charge >= 0.3 is 0 Å². The van der Waals surface area contributed by atoms with Crippen LogP contribution in [0.1, 0.15) is 5.56 Å². The van der Waals surface area contributed by atoms with Gasteiger partial charge in [-0.2, -0.15) is 0 Å². The van der Waals surface area contributed by atoms with Gasteiger partial charge in [-0.3, -0.25) is 9.80 Å². The maximum atomic E-state index is 5.87. The molecule has 1 aromatic carbocycles. The number of piperazine rings is 1. The highest BCUT2D eigenvalue weighted by atomic mass is 35.5. The van der Waals surface area contributed by atoms with Gasteiger partial charge in [-0.15, -0.1) is 0 Å². The first-order valence-electron chi connectivity index (χ1n) is 7.11. The Morgan fingerprint density at radius 3 is 2.38 bits per heavy atom. The van der Waals surface area contributed by atoms with E-state index >= 15 is 0 Å². The topological polar surface area (TPSA) is 24.9 Å². The molecule has 21 heavy (non-hydrogen) atoms. The summed E-state index contributed by atoms with van der Waals surface area (Å²) in [5, 5.41) is 0.706. The van der Waals surface area contributed by atoms with Gasteiger partial charge < -0.3 is 9.47 Å². The second-order valence-electron chi connectivity index (χ2n) is 5.25. The van der Waals surface area contributed by atoms with Gasteiger partial charge in [0, 0.05) is 49.9 Å². The fourth-order valence-electron chi connectivity index (χ4n) is 2.59. The van der Waals surface area contributed by atoms with Crippen LogP contribution < -0.4 is 9.47 Å². The molecule has 1 fully saturated rings. The monoisotopic (exact) mass is 310 g/mol. The Bertz CT molecular complexity index is 485. The first-order chi connectivity index (χ1) is 10.1. The Kier molecular flexibility index (Phi) is 5.91. The van der Waals surface area contributed by atoms with E-state index in [1.165, 1.54) is 0 Å². The van der Waals surface area contributed by atoms with E-state index in [0.29, 0.717) is 5.03 Å². The number of ether oxygens (including phenoxy) is 2. The van der Waals surface area contributed by atoms with Crippen LogP contribution in [0.3, 0.4) is 0 Å². The molecule has 2 rings (SSSR count). The zero-order chi connectivity index (χ0) is 15.2. The van der Waals surface area contributed by atoms with E-state index in [-0.39, 0.29) is 0 Å². The molecule has 0 bridgehead atoms. The normalized spacial score (nSPS) is 16.7. The van der Waals surface area contributed by atoms with Crippen LogP contribution in [-0.2, 0) is 6.54 Å². The third kappa shape index (κ3) is 4.63. The van der Waals surface area contributed by atoms with Crippen molar-refractivity contribution in [1.82, 2.24) is 9.80 Å². The number of hydrogen-bond acceptors (Lipinski definition) is 4. The van der Waals surface area contributed by atoms with Crippen LogP contribution in [0.5, 0.6) is 11.5 Å². The summed E-state index contributed by atoms with van der Waals surface area (Å²) in [5.74, 6) is 1.77. The van der Waals surface area contributed by atoms with Crippen molar-refractivity contribution in [3.05, 3.63) is 35.4 Å². The third-order valence-electron chi connectivity index (χ3n) is 3.74. The van der Waals surface area contributed by atoms with Crippen molar-refractivity contribution in [1.29, 1.82) is 0 Å². The number of halogens is 1. The van der Waals surface area contributed by atoms with E-state index in [9.17, 15) is 0 Å². The molecule has 1 aromatic rings. The van der Waals surface area contributed by atoms with Crippen LogP contribution in [-0.4, -0.2) is 56.7 Å². The average Bonchev–Trinajstić information content (AvgIpc) is 2.48. The van der Waals surface area contributed by atoms with Gasteiger partial charge in [0.05, 0.1) is 14.2 Å². The predicted octanol–water partition coefficient (Wildman–Crippen LogP) is 2.57. The van der Waals surface area contributed by atoms with E-state index in [1.807, 2.05) is 18.2 Å². The van der Waals surface area contributed by atoms with E-state index < -0.39 is 0 Å². The molecule has 1 saturated heterocycles. The summed E-state index contributed by atoms with van der Waals surface area (Å²) in [6, 6.07) is 5.93. The highest BCUT2D eigenvalue weighted by Gasteiger charge is 2.18. The molecule has 5 heteroatoms. The third-order valence-corrected chi connectivity index (χ3v) is 3.86. The van der Waals surface area contributed by atoms with Crippen LogP contribution >= 0.6 is 11.6 Å². The van der Waals surface area contributed by atoms with Crippen molar-refractivity contribution in [2.45, 2.75) is 6.54 Å². The lowest BCUT2D eigenvalue weighted by Crippen LogP contribution is -2.46. The van der Waals surface area contributed by atoms with Crippen molar-refractivity contribution < 1.29 is 9.47 Å². The molecule has 0 N–H and O–H groups in total. The Hall–Kier alpha value is -1.23. The molecule has 0 radical (unpaired) electrons. The zero-order valence-corrected chi connectivity index (χ0v) is 13.5. The molecule has 1 aliphatic rings. The minimum absolute atomic E-state index is 0.706.